The van der Waals surface area contributed by atoms with Crippen molar-refractivity contribution >= 4 is 17.2 Å². The van der Waals surface area contributed by atoms with E-state index in [-0.39, 0.29) is 0 Å². The van der Waals surface area contributed by atoms with Gasteiger partial charge in [-0.05, 0) is 18.7 Å². The summed E-state index contributed by atoms with van der Waals surface area (Å²) in [6, 6.07) is 8.01. The molecule has 0 aliphatic heterocycles. The SMILES string of the molecule is COCCOCCN(C)Cc1cccc(C(N)=S)c1. The Labute approximate surface area is 120 Å². The Bertz CT molecular complexity index is 399. The number of benzene rings is 1. The Kier molecular flexibility index (Phi) is 7.59. The number of hydrogen-bond donors (Lipinski definition) is 1. The molecular formula is C14H22N2O2S. The van der Waals surface area contributed by atoms with Crippen molar-refractivity contribution in [1.29, 1.82) is 0 Å². The van der Waals surface area contributed by atoms with Gasteiger partial charge in [0.05, 0.1) is 19.8 Å². The van der Waals surface area contributed by atoms with Gasteiger partial charge < -0.3 is 15.2 Å². The zero-order valence-electron chi connectivity index (χ0n) is 11.6. The molecule has 4 nitrogen and oxygen atoms in total. The molecule has 2 N–H and O–H groups in total. The summed E-state index contributed by atoms with van der Waals surface area (Å²) >= 11 is 4.98. The van der Waals surface area contributed by atoms with Gasteiger partial charge in [0.15, 0.2) is 0 Å². The minimum atomic E-state index is 0.437. The van der Waals surface area contributed by atoms with Crippen LogP contribution in [0.15, 0.2) is 24.3 Å². The highest BCUT2D eigenvalue weighted by atomic mass is 32.1. The molecule has 1 aromatic carbocycles. The molecule has 0 saturated carbocycles. The van der Waals surface area contributed by atoms with E-state index in [4.69, 9.17) is 27.4 Å². The number of likely N-dealkylation sites (N-methyl/N-ethyl adjacent to an activating group) is 1. The molecule has 0 heterocycles. The molecule has 5 heteroatoms. The topological polar surface area (TPSA) is 47.7 Å². The van der Waals surface area contributed by atoms with E-state index in [0.29, 0.717) is 24.8 Å². The van der Waals surface area contributed by atoms with Gasteiger partial charge in [-0.1, -0.05) is 30.4 Å². The van der Waals surface area contributed by atoms with Crippen molar-refractivity contribution in [2.24, 2.45) is 5.73 Å². The molecule has 0 aliphatic rings. The van der Waals surface area contributed by atoms with E-state index in [1.165, 1.54) is 5.56 Å². The van der Waals surface area contributed by atoms with Gasteiger partial charge in [0.1, 0.15) is 4.99 Å². The fraction of sp³-hybridized carbons (Fsp3) is 0.500. The van der Waals surface area contributed by atoms with E-state index in [0.717, 1.165) is 18.7 Å². The standard InChI is InChI=1S/C14H22N2O2S/c1-16(6-7-18-9-8-17-2)11-12-4-3-5-13(10-12)14(15)19/h3-5,10H,6-9,11H2,1-2H3,(H2,15,19). The first kappa shape index (κ1) is 16.0. The van der Waals surface area contributed by atoms with Gasteiger partial charge >= 0.3 is 0 Å². The summed E-state index contributed by atoms with van der Waals surface area (Å²) < 4.78 is 10.4. The van der Waals surface area contributed by atoms with Gasteiger partial charge in [0, 0.05) is 25.8 Å². The van der Waals surface area contributed by atoms with Crippen LogP contribution in [-0.4, -0.2) is 50.4 Å². The summed E-state index contributed by atoms with van der Waals surface area (Å²) in [6.07, 6.45) is 0. The minimum Gasteiger partial charge on any atom is -0.389 e. The van der Waals surface area contributed by atoms with E-state index in [9.17, 15) is 0 Å². The molecule has 0 fully saturated rings. The zero-order valence-corrected chi connectivity index (χ0v) is 12.4. The van der Waals surface area contributed by atoms with Crippen LogP contribution in [0.3, 0.4) is 0 Å². The Hall–Kier alpha value is -1.01. The predicted octanol–water partition coefficient (Wildman–Crippen LogP) is 1.42. The number of hydrogen-bond acceptors (Lipinski definition) is 4. The third-order valence-corrected chi connectivity index (χ3v) is 2.95. The first-order valence-corrected chi connectivity index (χ1v) is 6.68. The summed E-state index contributed by atoms with van der Waals surface area (Å²) in [5.74, 6) is 0. The van der Waals surface area contributed by atoms with Crippen molar-refractivity contribution in [1.82, 2.24) is 4.90 Å². The lowest BCUT2D eigenvalue weighted by molar-refractivity contribution is 0.0598. The van der Waals surface area contributed by atoms with Crippen LogP contribution in [0.4, 0.5) is 0 Å². The normalized spacial score (nSPS) is 10.9. The maximum Gasteiger partial charge on any atom is 0.103 e. The van der Waals surface area contributed by atoms with Crippen molar-refractivity contribution < 1.29 is 9.47 Å². The number of ether oxygens (including phenoxy) is 2. The summed E-state index contributed by atoms with van der Waals surface area (Å²) in [5, 5.41) is 0. The second-order valence-corrected chi connectivity index (χ2v) is 4.85. The van der Waals surface area contributed by atoms with Gasteiger partial charge in [-0.15, -0.1) is 0 Å². The van der Waals surface area contributed by atoms with E-state index in [1.807, 2.05) is 18.2 Å². The van der Waals surface area contributed by atoms with Crippen LogP contribution in [0.1, 0.15) is 11.1 Å². The Morgan fingerprint density at radius 1 is 1.32 bits per heavy atom. The van der Waals surface area contributed by atoms with Crippen LogP contribution < -0.4 is 5.73 Å². The molecule has 1 aromatic rings. The summed E-state index contributed by atoms with van der Waals surface area (Å²) in [7, 11) is 3.73. The summed E-state index contributed by atoms with van der Waals surface area (Å²) in [5.41, 5.74) is 7.74. The highest BCUT2D eigenvalue weighted by Gasteiger charge is 2.02. The van der Waals surface area contributed by atoms with Gasteiger partial charge in [-0.25, -0.2) is 0 Å². The summed E-state index contributed by atoms with van der Waals surface area (Å²) in [6.45, 7) is 3.71. The van der Waals surface area contributed by atoms with Crippen molar-refractivity contribution in [3.05, 3.63) is 35.4 Å². The number of nitrogens with zero attached hydrogens (tertiary/aromatic N) is 1. The molecule has 0 spiro atoms. The second kappa shape index (κ2) is 8.98. The van der Waals surface area contributed by atoms with E-state index < -0.39 is 0 Å². The van der Waals surface area contributed by atoms with Crippen molar-refractivity contribution in [3.63, 3.8) is 0 Å². The number of rotatable bonds is 9. The molecule has 0 atom stereocenters. The van der Waals surface area contributed by atoms with E-state index in [1.54, 1.807) is 7.11 Å². The number of nitrogens with two attached hydrogens (primary N) is 1. The molecule has 1 rings (SSSR count). The third-order valence-electron chi connectivity index (χ3n) is 2.71. The fourth-order valence-electron chi connectivity index (χ4n) is 1.68. The van der Waals surface area contributed by atoms with Gasteiger partial charge in [0.2, 0.25) is 0 Å². The smallest absolute Gasteiger partial charge is 0.103 e. The summed E-state index contributed by atoms with van der Waals surface area (Å²) in [4.78, 5) is 2.64. The van der Waals surface area contributed by atoms with Crippen LogP contribution >= 0.6 is 12.2 Å². The molecule has 19 heavy (non-hydrogen) atoms. The number of methoxy groups -OCH3 is 1. The molecule has 0 unspecified atom stereocenters. The van der Waals surface area contributed by atoms with Gasteiger partial charge in [0.25, 0.3) is 0 Å². The fourth-order valence-corrected chi connectivity index (χ4v) is 1.81. The van der Waals surface area contributed by atoms with Crippen LogP contribution in [0.2, 0.25) is 0 Å². The highest BCUT2D eigenvalue weighted by molar-refractivity contribution is 7.80. The zero-order chi connectivity index (χ0) is 14.1. The first-order valence-electron chi connectivity index (χ1n) is 6.27. The lowest BCUT2D eigenvalue weighted by Crippen LogP contribution is -2.23. The van der Waals surface area contributed by atoms with Gasteiger partial charge in [-0.3, -0.25) is 4.90 Å². The molecule has 0 radical (unpaired) electrons. The van der Waals surface area contributed by atoms with Crippen molar-refractivity contribution in [2.75, 3.05) is 40.5 Å². The maximum absolute atomic E-state index is 5.63. The van der Waals surface area contributed by atoms with Crippen LogP contribution in [0.5, 0.6) is 0 Å². The number of thiocarbonyl (C=S) groups is 1. The van der Waals surface area contributed by atoms with Crippen LogP contribution in [-0.2, 0) is 16.0 Å². The molecule has 0 saturated heterocycles. The minimum absolute atomic E-state index is 0.437. The van der Waals surface area contributed by atoms with E-state index in [2.05, 4.69) is 18.0 Å². The van der Waals surface area contributed by atoms with Crippen LogP contribution in [0.25, 0.3) is 0 Å². The molecular weight excluding hydrogens is 260 g/mol. The molecule has 0 bridgehead atoms. The molecule has 0 amide bonds. The third kappa shape index (κ3) is 6.63. The molecule has 106 valence electrons. The molecule has 0 aliphatic carbocycles. The van der Waals surface area contributed by atoms with Crippen molar-refractivity contribution in [3.8, 4) is 0 Å². The Morgan fingerprint density at radius 3 is 2.79 bits per heavy atom. The largest absolute Gasteiger partial charge is 0.389 e. The van der Waals surface area contributed by atoms with Crippen LogP contribution in [0, 0.1) is 0 Å². The highest BCUT2D eigenvalue weighted by Crippen LogP contribution is 2.07. The Balaban J connectivity index is 2.33. The Morgan fingerprint density at radius 2 is 2.11 bits per heavy atom. The average Bonchev–Trinajstić information content (AvgIpc) is 2.38. The first-order chi connectivity index (χ1) is 9.13. The quantitative estimate of drug-likeness (QED) is 0.548. The lowest BCUT2D eigenvalue weighted by atomic mass is 10.1. The lowest BCUT2D eigenvalue weighted by Gasteiger charge is -2.17. The molecule has 0 aromatic heterocycles. The average molecular weight is 282 g/mol. The predicted molar refractivity (Wildman–Crippen MR) is 81.4 cm³/mol. The maximum atomic E-state index is 5.63. The van der Waals surface area contributed by atoms with Gasteiger partial charge in [-0.2, -0.15) is 0 Å². The van der Waals surface area contributed by atoms with E-state index >= 15 is 0 Å². The van der Waals surface area contributed by atoms with Crippen molar-refractivity contribution in [2.45, 2.75) is 6.54 Å². The second-order valence-electron chi connectivity index (χ2n) is 4.41. The monoisotopic (exact) mass is 282 g/mol.